The first kappa shape index (κ1) is 22.2. The molecular weight excluding hydrogens is 304 g/mol. The van der Waals surface area contributed by atoms with E-state index in [1.165, 1.54) is 89.0 Å². The molecule has 1 aromatic rings. The highest BCUT2D eigenvalue weighted by molar-refractivity contribution is 5.17. The van der Waals surface area contributed by atoms with E-state index in [1.807, 2.05) is 0 Å². The number of hydrogen-bond donors (Lipinski definition) is 0. The van der Waals surface area contributed by atoms with Crippen LogP contribution in [-0.2, 0) is 4.74 Å². The SMILES string of the molecule is CCCCCCCCCCCCOC(CCCCC)c1ccccc1. The van der Waals surface area contributed by atoms with E-state index in [0.29, 0.717) is 6.10 Å². The molecule has 1 aromatic carbocycles. The Morgan fingerprint density at radius 3 is 1.76 bits per heavy atom. The minimum absolute atomic E-state index is 0.298. The Morgan fingerprint density at radius 1 is 0.640 bits per heavy atom. The van der Waals surface area contributed by atoms with Gasteiger partial charge in [-0.3, -0.25) is 0 Å². The summed E-state index contributed by atoms with van der Waals surface area (Å²) in [6.45, 7) is 5.47. The van der Waals surface area contributed by atoms with Gasteiger partial charge in [-0.1, -0.05) is 121 Å². The van der Waals surface area contributed by atoms with Crippen LogP contribution >= 0.6 is 0 Å². The van der Waals surface area contributed by atoms with Crippen molar-refractivity contribution in [2.75, 3.05) is 6.61 Å². The number of hydrogen-bond acceptors (Lipinski definition) is 1. The Kier molecular flexibility index (Phi) is 14.8. The lowest BCUT2D eigenvalue weighted by Crippen LogP contribution is -2.06. The molecule has 0 heterocycles. The highest BCUT2D eigenvalue weighted by Gasteiger charge is 2.11. The van der Waals surface area contributed by atoms with Gasteiger partial charge in [-0.05, 0) is 18.4 Å². The average Bonchev–Trinajstić information content (AvgIpc) is 2.65. The molecule has 0 bridgehead atoms. The minimum atomic E-state index is 0.298. The second-order valence-corrected chi connectivity index (χ2v) is 7.45. The summed E-state index contributed by atoms with van der Waals surface area (Å²) in [5, 5.41) is 0. The lowest BCUT2D eigenvalue weighted by Gasteiger charge is -2.18. The summed E-state index contributed by atoms with van der Waals surface area (Å²) in [5.41, 5.74) is 1.35. The van der Waals surface area contributed by atoms with Crippen molar-refractivity contribution < 1.29 is 4.74 Å². The first-order valence-electron chi connectivity index (χ1n) is 11.0. The average molecular weight is 347 g/mol. The summed E-state index contributed by atoms with van der Waals surface area (Å²) in [6, 6.07) is 10.8. The molecule has 0 aromatic heterocycles. The van der Waals surface area contributed by atoms with Crippen molar-refractivity contribution in [1.29, 1.82) is 0 Å². The fraction of sp³-hybridized carbons (Fsp3) is 0.750. The maximum Gasteiger partial charge on any atom is 0.0824 e. The van der Waals surface area contributed by atoms with Gasteiger partial charge in [-0.25, -0.2) is 0 Å². The summed E-state index contributed by atoms with van der Waals surface area (Å²) in [7, 11) is 0. The predicted octanol–water partition coefficient (Wildman–Crippen LogP) is 8.25. The molecule has 1 nitrogen and oxygen atoms in total. The van der Waals surface area contributed by atoms with E-state index in [4.69, 9.17) is 4.74 Å². The second kappa shape index (κ2) is 16.6. The summed E-state index contributed by atoms with van der Waals surface area (Å²) < 4.78 is 6.25. The van der Waals surface area contributed by atoms with E-state index < -0.39 is 0 Å². The standard InChI is InChI=1S/C24H42O/c1-3-5-7-8-9-10-11-12-13-18-22-25-24(21-15-6-4-2)23-19-16-14-17-20-23/h14,16-17,19-20,24H,3-13,15,18,21-22H2,1-2H3. The van der Waals surface area contributed by atoms with Crippen LogP contribution in [0.4, 0.5) is 0 Å². The van der Waals surface area contributed by atoms with Crippen molar-refractivity contribution in [1.82, 2.24) is 0 Å². The molecule has 1 rings (SSSR count). The van der Waals surface area contributed by atoms with E-state index in [-0.39, 0.29) is 0 Å². The molecule has 0 aliphatic carbocycles. The van der Waals surface area contributed by atoms with E-state index in [9.17, 15) is 0 Å². The van der Waals surface area contributed by atoms with Gasteiger partial charge in [0.25, 0.3) is 0 Å². The van der Waals surface area contributed by atoms with Crippen molar-refractivity contribution in [3.8, 4) is 0 Å². The van der Waals surface area contributed by atoms with E-state index in [2.05, 4.69) is 44.2 Å². The van der Waals surface area contributed by atoms with E-state index in [0.717, 1.165) is 13.0 Å². The molecule has 0 radical (unpaired) electrons. The molecule has 0 amide bonds. The first-order chi connectivity index (χ1) is 12.4. The van der Waals surface area contributed by atoms with Gasteiger partial charge in [0.05, 0.1) is 6.10 Å². The van der Waals surface area contributed by atoms with Gasteiger partial charge in [-0.2, -0.15) is 0 Å². The zero-order chi connectivity index (χ0) is 18.0. The summed E-state index contributed by atoms with van der Waals surface area (Å²) in [6.07, 6.45) is 19.1. The topological polar surface area (TPSA) is 9.23 Å². The molecule has 0 N–H and O–H groups in total. The zero-order valence-electron chi connectivity index (χ0n) is 17.0. The second-order valence-electron chi connectivity index (χ2n) is 7.45. The summed E-state index contributed by atoms with van der Waals surface area (Å²) in [4.78, 5) is 0. The van der Waals surface area contributed by atoms with Gasteiger partial charge in [0.2, 0.25) is 0 Å². The Labute approximate surface area is 157 Å². The van der Waals surface area contributed by atoms with Crippen LogP contribution in [0.2, 0.25) is 0 Å². The lowest BCUT2D eigenvalue weighted by molar-refractivity contribution is 0.0422. The normalized spacial score (nSPS) is 12.4. The van der Waals surface area contributed by atoms with E-state index in [1.54, 1.807) is 0 Å². The van der Waals surface area contributed by atoms with Crippen LogP contribution in [0.15, 0.2) is 30.3 Å². The smallest absolute Gasteiger partial charge is 0.0824 e. The van der Waals surface area contributed by atoms with Crippen LogP contribution in [0, 0.1) is 0 Å². The Balaban J connectivity index is 2.08. The minimum Gasteiger partial charge on any atom is -0.374 e. The van der Waals surface area contributed by atoms with Crippen molar-refractivity contribution in [3.05, 3.63) is 35.9 Å². The quantitative estimate of drug-likeness (QED) is 0.258. The molecule has 0 aliphatic rings. The van der Waals surface area contributed by atoms with Crippen LogP contribution in [0.5, 0.6) is 0 Å². The van der Waals surface area contributed by atoms with Gasteiger partial charge in [-0.15, -0.1) is 0 Å². The molecule has 0 saturated heterocycles. The molecule has 0 saturated carbocycles. The van der Waals surface area contributed by atoms with E-state index >= 15 is 0 Å². The van der Waals surface area contributed by atoms with Gasteiger partial charge >= 0.3 is 0 Å². The Morgan fingerprint density at radius 2 is 1.16 bits per heavy atom. The fourth-order valence-electron chi connectivity index (χ4n) is 3.41. The molecule has 144 valence electrons. The molecule has 0 aliphatic heterocycles. The largest absolute Gasteiger partial charge is 0.374 e. The monoisotopic (exact) mass is 346 g/mol. The maximum absolute atomic E-state index is 6.25. The molecule has 1 unspecified atom stereocenters. The van der Waals surface area contributed by atoms with Crippen molar-refractivity contribution in [2.24, 2.45) is 0 Å². The summed E-state index contributed by atoms with van der Waals surface area (Å²) >= 11 is 0. The van der Waals surface area contributed by atoms with Gasteiger partial charge < -0.3 is 4.74 Å². The third-order valence-electron chi connectivity index (χ3n) is 5.06. The molecule has 1 atom stereocenters. The molecule has 25 heavy (non-hydrogen) atoms. The predicted molar refractivity (Wildman–Crippen MR) is 111 cm³/mol. The summed E-state index contributed by atoms with van der Waals surface area (Å²) in [5.74, 6) is 0. The number of rotatable bonds is 17. The van der Waals surface area contributed by atoms with Crippen LogP contribution in [-0.4, -0.2) is 6.61 Å². The van der Waals surface area contributed by atoms with Crippen LogP contribution < -0.4 is 0 Å². The van der Waals surface area contributed by atoms with Gasteiger partial charge in [0.1, 0.15) is 0 Å². The van der Waals surface area contributed by atoms with Gasteiger partial charge in [0.15, 0.2) is 0 Å². The third-order valence-corrected chi connectivity index (χ3v) is 5.06. The van der Waals surface area contributed by atoms with Crippen molar-refractivity contribution >= 4 is 0 Å². The van der Waals surface area contributed by atoms with Crippen LogP contribution in [0.1, 0.15) is 115 Å². The maximum atomic E-state index is 6.25. The van der Waals surface area contributed by atoms with Crippen LogP contribution in [0.3, 0.4) is 0 Å². The lowest BCUT2D eigenvalue weighted by atomic mass is 10.0. The molecule has 1 heteroatoms. The molecular formula is C24H42O. The van der Waals surface area contributed by atoms with Crippen LogP contribution in [0.25, 0.3) is 0 Å². The zero-order valence-corrected chi connectivity index (χ0v) is 17.0. The van der Waals surface area contributed by atoms with Crippen molar-refractivity contribution in [2.45, 2.75) is 110 Å². The number of benzene rings is 1. The van der Waals surface area contributed by atoms with Crippen molar-refractivity contribution in [3.63, 3.8) is 0 Å². The Hall–Kier alpha value is -0.820. The highest BCUT2D eigenvalue weighted by atomic mass is 16.5. The number of unbranched alkanes of at least 4 members (excludes halogenated alkanes) is 11. The van der Waals surface area contributed by atoms with Gasteiger partial charge in [0, 0.05) is 6.61 Å². The highest BCUT2D eigenvalue weighted by Crippen LogP contribution is 2.24. The Bertz CT molecular complexity index is 373. The third kappa shape index (κ3) is 12.2. The fourth-order valence-corrected chi connectivity index (χ4v) is 3.41. The first-order valence-corrected chi connectivity index (χ1v) is 11.0. The molecule has 0 spiro atoms. The molecule has 0 fully saturated rings. The number of ether oxygens (including phenoxy) is 1.